The highest BCUT2D eigenvalue weighted by molar-refractivity contribution is 6.06. The summed E-state index contributed by atoms with van der Waals surface area (Å²) in [6.07, 6.45) is 4.05. The molecule has 0 unspecified atom stereocenters. The van der Waals surface area contributed by atoms with Crippen molar-refractivity contribution in [1.29, 1.82) is 0 Å². The summed E-state index contributed by atoms with van der Waals surface area (Å²) in [5.74, 6) is -0.368. The summed E-state index contributed by atoms with van der Waals surface area (Å²) in [5, 5.41) is 5.52. The Labute approximate surface area is 202 Å². The van der Waals surface area contributed by atoms with Gasteiger partial charge in [0, 0.05) is 24.2 Å². The minimum Gasteiger partial charge on any atom is -0.444 e. The SMILES string of the molecule is CC(C)(C)OC(=O)Nc1cc(NC(=O)c2ccc3c(=O)n4c(nc3c2)CCCCCC4)ccc1F. The minimum absolute atomic E-state index is 0.0877. The maximum Gasteiger partial charge on any atom is 0.412 e. The Bertz CT molecular complexity index is 1340. The molecule has 0 radical (unpaired) electrons. The van der Waals surface area contributed by atoms with Gasteiger partial charge in [-0.25, -0.2) is 14.2 Å². The molecule has 35 heavy (non-hydrogen) atoms. The van der Waals surface area contributed by atoms with Crippen molar-refractivity contribution in [2.75, 3.05) is 10.6 Å². The number of ether oxygens (including phenoxy) is 1. The Morgan fingerprint density at radius 3 is 2.57 bits per heavy atom. The van der Waals surface area contributed by atoms with Gasteiger partial charge in [-0.2, -0.15) is 0 Å². The number of carbonyl (C=O) groups excluding carboxylic acids is 2. The van der Waals surface area contributed by atoms with Crippen molar-refractivity contribution in [3.63, 3.8) is 0 Å². The standard InChI is InChI=1S/C26H29FN4O4/c1-26(2,3)35-25(34)30-21-15-17(10-12-19(21)27)28-23(32)16-9-11-18-20(14-16)29-22-8-6-4-5-7-13-31(22)24(18)33/h9-12,14-15H,4-8,13H2,1-3H3,(H,28,32)(H,30,34). The maximum absolute atomic E-state index is 14.2. The second-order valence-corrected chi connectivity index (χ2v) is 9.66. The number of amides is 2. The van der Waals surface area contributed by atoms with Crippen LogP contribution < -0.4 is 16.2 Å². The predicted molar refractivity (Wildman–Crippen MR) is 132 cm³/mol. The van der Waals surface area contributed by atoms with Gasteiger partial charge in [-0.05, 0) is 70.0 Å². The number of halogens is 1. The van der Waals surface area contributed by atoms with Gasteiger partial charge in [-0.3, -0.25) is 19.5 Å². The van der Waals surface area contributed by atoms with Crippen molar-refractivity contribution in [3.05, 3.63) is 64.0 Å². The molecule has 2 aromatic carbocycles. The Hall–Kier alpha value is -3.75. The van der Waals surface area contributed by atoms with Gasteiger partial charge in [-0.15, -0.1) is 0 Å². The molecule has 0 atom stereocenters. The van der Waals surface area contributed by atoms with E-state index in [0.29, 0.717) is 23.0 Å². The Balaban J connectivity index is 1.56. The number of hydrogen-bond donors (Lipinski definition) is 2. The summed E-state index contributed by atoms with van der Waals surface area (Å²) in [5.41, 5.74) is 0.122. The van der Waals surface area contributed by atoms with Gasteiger partial charge in [0.2, 0.25) is 0 Å². The molecule has 0 bridgehead atoms. The van der Waals surface area contributed by atoms with Crippen LogP contribution in [-0.4, -0.2) is 27.2 Å². The van der Waals surface area contributed by atoms with Gasteiger partial charge < -0.3 is 10.1 Å². The highest BCUT2D eigenvalue weighted by atomic mass is 19.1. The van der Waals surface area contributed by atoms with Crippen LogP contribution >= 0.6 is 0 Å². The van der Waals surface area contributed by atoms with Gasteiger partial charge in [0.25, 0.3) is 11.5 Å². The van der Waals surface area contributed by atoms with Crippen LogP contribution in [-0.2, 0) is 17.7 Å². The van der Waals surface area contributed by atoms with Crippen molar-refractivity contribution in [2.24, 2.45) is 0 Å². The molecule has 0 saturated carbocycles. The molecule has 1 aliphatic heterocycles. The molecule has 8 nitrogen and oxygen atoms in total. The highest BCUT2D eigenvalue weighted by Gasteiger charge is 2.19. The molecule has 9 heteroatoms. The molecule has 2 N–H and O–H groups in total. The number of aromatic nitrogens is 2. The zero-order valence-electron chi connectivity index (χ0n) is 20.1. The number of nitrogens with zero attached hydrogens (tertiary/aromatic N) is 2. The lowest BCUT2D eigenvalue weighted by atomic mass is 10.1. The van der Waals surface area contributed by atoms with E-state index in [1.165, 1.54) is 12.1 Å². The molecule has 0 fully saturated rings. The summed E-state index contributed by atoms with van der Waals surface area (Å²) < 4.78 is 21.1. The Kier molecular flexibility index (Phi) is 6.86. The summed E-state index contributed by atoms with van der Waals surface area (Å²) in [6, 6.07) is 8.62. The normalized spacial score (nSPS) is 13.9. The van der Waals surface area contributed by atoms with E-state index in [9.17, 15) is 18.8 Å². The van der Waals surface area contributed by atoms with Crippen molar-refractivity contribution in [2.45, 2.75) is 65.0 Å². The van der Waals surface area contributed by atoms with E-state index in [0.717, 1.165) is 44.0 Å². The lowest BCUT2D eigenvalue weighted by Crippen LogP contribution is -2.27. The summed E-state index contributed by atoms with van der Waals surface area (Å²) in [4.78, 5) is 42.6. The molecular formula is C26H29FN4O4. The Morgan fingerprint density at radius 2 is 1.80 bits per heavy atom. The van der Waals surface area contributed by atoms with Crippen LogP contribution in [0.5, 0.6) is 0 Å². The fourth-order valence-electron chi connectivity index (χ4n) is 4.05. The van der Waals surface area contributed by atoms with E-state index in [2.05, 4.69) is 15.6 Å². The van der Waals surface area contributed by atoms with Gasteiger partial charge in [0.15, 0.2) is 0 Å². The number of fused-ring (bicyclic) bond motifs is 2. The third-order valence-corrected chi connectivity index (χ3v) is 5.69. The average molecular weight is 481 g/mol. The summed E-state index contributed by atoms with van der Waals surface area (Å²) in [6.45, 7) is 5.76. The monoisotopic (exact) mass is 480 g/mol. The minimum atomic E-state index is -0.804. The van der Waals surface area contributed by atoms with Crippen LogP contribution in [0, 0.1) is 5.82 Å². The Morgan fingerprint density at radius 1 is 1.03 bits per heavy atom. The number of carbonyl (C=O) groups is 2. The molecule has 4 rings (SSSR count). The van der Waals surface area contributed by atoms with Crippen molar-refractivity contribution in [3.8, 4) is 0 Å². The molecule has 0 aliphatic carbocycles. The van der Waals surface area contributed by atoms with Gasteiger partial charge in [-0.1, -0.05) is 12.8 Å². The van der Waals surface area contributed by atoms with Gasteiger partial charge in [0.05, 0.1) is 16.6 Å². The first-order valence-electron chi connectivity index (χ1n) is 11.7. The van der Waals surface area contributed by atoms with Crippen LogP contribution in [0.15, 0.2) is 41.2 Å². The second-order valence-electron chi connectivity index (χ2n) is 9.66. The zero-order valence-corrected chi connectivity index (χ0v) is 20.1. The topological polar surface area (TPSA) is 102 Å². The largest absolute Gasteiger partial charge is 0.444 e. The van der Waals surface area contributed by atoms with Crippen LogP contribution in [0.4, 0.5) is 20.6 Å². The van der Waals surface area contributed by atoms with Crippen molar-refractivity contribution in [1.82, 2.24) is 9.55 Å². The summed E-state index contributed by atoms with van der Waals surface area (Å²) in [7, 11) is 0. The van der Waals surface area contributed by atoms with Crippen LogP contribution in [0.25, 0.3) is 10.9 Å². The molecule has 0 spiro atoms. The molecule has 2 amide bonds. The predicted octanol–water partition coefficient (Wildman–Crippen LogP) is 5.25. The average Bonchev–Trinajstić information content (AvgIpc) is 2.76. The fraction of sp³-hybridized carbons (Fsp3) is 0.385. The lowest BCUT2D eigenvalue weighted by Gasteiger charge is -2.20. The number of nitrogens with one attached hydrogen (secondary N) is 2. The maximum atomic E-state index is 14.2. The van der Waals surface area contributed by atoms with Gasteiger partial charge >= 0.3 is 6.09 Å². The first-order chi connectivity index (χ1) is 16.6. The quantitative estimate of drug-likeness (QED) is 0.533. The number of rotatable bonds is 3. The second kappa shape index (κ2) is 9.85. The number of anilines is 2. The molecular weight excluding hydrogens is 451 g/mol. The highest BCUT2D eigenvalue weighted by Crippen LogP contribution is 2.22. The first kappa shape index (κ1) is 24.4. The molecule has 184 valence electrons. The van der Waals surface area contributed by atoms with Gasteiger partial charge in [0.1, 0.15) is 17.2 Å². The van der Waals surface area contributed by atoms with Crippen molar-refractivity contribution >= 4 is 34.3 Å². The number of benzene rings is 2. The third-order valence-electron chi connectivity index (χ3n) is 5.69. The molecule has 0 saturated heterocycles. The van der Waals surface area contributed by atoms with E-state index < -0.39 is 23.4 Å². The van der Waals surface area contributed by atoms with Crippen molar-refractivity contribution < 1.29 is 18.7 Å². The van der Waals surface area contributed by atoms with Crippen LogP contribution in [0.3, 0.4) is 0 Å². The molecule has 1 aliphatic rings. The van der Waals surface area contributed by atoms with E-state index in [1.54, 1.807) is 43.5 Å². The first-order valence-corrected chi connectivity index (χ1v) is 11.7. The van der Waals surface area contributed by atoms with E-state index >= 15 is 0 Å². The van der Waals surface area contributed by atoms with E-state index in [4.69, 9.17) is 4.74 Å². The summed E-state index contributed by atoms with van der Waals surface area (Å²) >= 11 is 0. The van der Waals surface area contributed by atoms with E-state index in [-0.39, 0.29) is 16.9 Å². The third kappa shape index (κ3) is 5.85. The van der Waals surface area contributed by atoms with Crippen LogP contribution in [0.2, 0.25) is 0 Å². The molecule has 1 aromatic heterocycles. The zero-order chi connectivity index (χ0) is 25.2. The fourth-order valence-corrected chi connectivity index (χ4v) is 4.05. The number of aryl methyl sites for hydroxylation is 1. The van der Waals surface area contributed by atoms with E-state index in [1.807, 2.05) is 0 Å². The smallest absolute Gasteiger partial charge is 0.412 e. The molecule has 3 aromatic rings. The van der Waals surface area contributed by atoms with Crippen LogP contribution in [0.1, 0.15) is 62.6 Å². The molecule has 2 heterocycles. The lowest BCUT2D eigenvalue weighted by molar-refractivity contribution is 0.0635. The number of hydrogen-bond acceptors (Lipinski definition) is 5.